The van der Waals surface area contributed by atoms with E-state index in [2.05, 4.69) is 10.2 Å². The van der Waals surface area contributed by atoms with Gasteiger partial charge in [-0.3, -0.25) is 9.89 Å². The first-order valence-corrected chi connectivity index (χ1v) is 7.03. The summed E-state index contributed by atoms with van der Waals surface area (Å²) < 4.78 is 0. The van der Waals surface area contributed by atoms with Crippen LogP contribution in [0.25, 0.3) is 0 Å². The van der Waals surface area contributed by atoms with E-state index in [0.717, 1.165) is 17.7 Å². The largest absolute Gasteiger partial charge is 0.508 e. The molecule has 0 fully saturated rings. The maximum absolute atomic E-state index is 12.5. The number of nitrogens with two attached hydrogens (primary N) is 1. The molecule has 0 saturated carbocycles. The van der Waals surface area contributed by atoms with Gasteiger partial charge in [-0.05, 0) is 36.1 Å². The van der Waals surface area contributed by atoms with Gasteiger partial charge in [-0.1, -0.05) is 13.0 Å². The number of rotatable bonds is 2. The molecule has 21 heavy (non-hydrogen) atoms. The van der Waals surface area contributed by atoms with Gasteiger partial charge in [-0.2, -0.15) is 5.10 Å². The average molecular weight is 286 g/mol. The lowest BCUT2D eigenvalue weighted by atomic mass is 9.99. The quantitative estimate of drug-likeness (QED) is 0.778. The van der Waals surface area contributed by atoms with Gasteiger partial charge >= 0.3 is 0 Å². The van der Waals surface area contributed by atoms with Crippen LogP contribution in [0.2, 0.25) is 0 Å². The predicted molar refractivity (Wildman–Crippen MR) is 78.9 cm³/mol. The number of hydrogen-bond acceptors (Lipinski definition) is 4. The minimum absolute atomic E-state index is 0.169. The van der Waals surface area contributed by atoms with Crippen LogP contribution in [0, 0.1) is 0 Å². The SMILES string of the molecule is CCc1[nH]nc(C(=O)N2CCc3ccc(O)cc3C2)c1N. The van der Waals surface area contributed by atoms with E-state index >= 15 is 0 Å². The Morgan fingerprint density at radius 1 is 1.48 bits per heavy atom. The number of carbonyl (C=O) groups excluding carboxylic acids is 1. The number of aryl methyl sites for hydroxylation is 1. The van der Waals surface area contributed by atoms with Crippen LogP contribution in [0.1, 0.15) is 34.2 Å². The molecule has 0 aliphatic carbocycles. The molecule has 1 aliphatic heterocycles. The number of carbonyl (C=O) groups is 1. The highest BCUT2D eigenvalue weighted by Crippen LogP contribution is 2.25. The van der Waals surface area contributed by atoms with E-state index in [4.69, 9.17) is 5.73 Å². The summed E-state index contributed by atoms with van der Waals surface area (Å²) in [6, 6.07) is 5.29. The fraction of sp³-hybridized carbons (Fsp3) is 0.333. The van der Waals surface area contributed by atoms with Crippen molar-refractivity contribution in [1.29, 1.82) is 0 Å². The summed E-state index contributed by atoms with van der Waals surface area (Å²) >= 11 is 0. The zero-order chi connectivity index (χ0) is 15.0. The van der Waals surface area contributed by atoms with E-state index in [1.165, 1.54) is 5.56 Å². The highest BCUT2D eigenvalue weighted by atomic mass is 16.3. The first kappa shape index (κ1) is 13.5. The number of fused-ring (bicyclic) bond motifs is 1. The van der Waals surface area contributed by atoms with Crippen LogP contribution in [0.15, 0.2) is 18.2 Å². The number of hydrogen-bond donors (Lipinski definition) is 3. The lowest BCUT2D eigenvalue weighted by Crippen LogP contribution is -2.36. The van der Waals surface area contributed by atoms with Crippen LogP contribution in [-0.4, -0.2) is 32.7 Å². The van der Waals surface area contributed by atoms with E-state index in [9.17, 15) is 9.90 Å². The molecule has 1 aromatic heterocycles. The van der Waals surface area contributed by atoms with E-state index in [0.29, 0.717) is 25.2 Å². The van der Waals surface area contributed by atoms with Gasteiger partial charge in [0.1, 0.15) is 5.75 Å². The Bertz CT molecular complexity index is 693. The van der Waals surface area contributed by atoms with Gasteiger partial charge in [-0.25, -0.2) is 0 Å². The molecule has 6 heteroatoms. The summed E-state index contributed by atoms with van der Waals surface area (Å²) in [5, 5.41) is 16.4. The zero-order valence-electron chi connectivity index (χ0n) is 11.9. The summed E-state index contributed by atoms with van der Waals surface area (Å²) in [7, 11) is 0. The fourth-order valence-corrected chi connectivity index (χ4v) is 2.69. The number of aromatic amines is 1. The fourth-order valence-electron chi connectivity index (χ4n) is 2.69. The molecule has 1 aromatic carbocycles. The van der Waals surface area contributed by atoms with Crippen molar-refractivity contribution in [2.45, 2.75) is 26.3 Å². The molecule has 0 bridgehead atoms. The van der Waals surface area contributed by atoms with E-state index in [1.54, 1.807) is 17.0 Å². The number of phenolic OH excluding ortho intramolecular Hbond substituents is 1. The van der Waals surface area contributed by atoms with Gasteiger partial charge in [0.25, 0.3) is 5.91 Å². The third kappa shape index (κ3) is 2.33. The number of amides is 1. The number of H-pyrrole nitrogens is 1. The molecule has 6 nitrogen and oxygen atoms in total. The summed E-state index contributed by atoms with van der Waals surface area (Å²) in [4.78, 5) is 14.3. The normalized spacial score (nSPS) is 14.0. The number of anilines is 1. The average Bonchev–Trinajstić information content (AvgIpc) is 2.86. The lowest BCUT2D eigenvalue weighted by Gasteiger charge is -2.28. The first-order chi connectivity index (χ1) is 10.1. The highest BCUT2D eigenvalue weighted by Gasteiger charge is 2.26. The number of benzene rings is 1. The molecule has 110 valence electrons. The van der Waals surface area contributed by atoms with Crippen LogP contribution in [0.4, 0.5) is 5.69 Å². The van der Waals surface area contributed by atoms with E-state index in [1.807, 2.05) is 13.0 Å². The van der Waals surface area contributed by atoms with Crippen molar-refractivity contribution >= 4 is 11.6 Å². The van der Waals surface area contributed by atoms with Crippen molar-refractivity contribution in [3.8, 4) is 5.75 Å². The van der Waals surface area contributed by atoms with Gasteiger partial charge in [0.05, 0.1) is 11.4 Å². The molecule has 1 amide bonds. The van der Waals surface area contributed by atoms with Crippen molar-refractivity contribution in [3.63, 3.8) is 0 Å². The topological polar surface area (TPSA) is 95.2 Å². The molecule has 4 N–H and O–H groups in total. The minimum atomic E-state index is -0.169. The zero-order valence-corrected chi connectivity index (χ0v) is 11.9. The minimum Gasteiger partial charge on any atom is -0.508 e. The van der Waals surface area contributed by atoms with Crippen LogP contribution in [-0.2, 0) is 19.4 Å². The number of nitrogens with one attached hydrogen (secondary N) is 1. The Kier molecular flexibility index (Phi) is 3.29. The predicted octanol–water partition coefficient (Wildman–Crippen LogP) is 1.46. The monoisotopic (exact) mass is 286 g/mol. The second kappa shape index (κ2) is 5.12. The molecule has 1 aliphatic rings. The van der Waals surface area contributed by atoms with Gasteiger partial charge in [0.2, 0.25) is 0 Å². The summed E-state index contributed by atoms with van der Waals surface area (Å²) in [5.41, 5.74) is 9.61. The van der Waals surface area contributed by atoms with Crippen molar-refractivity contribution in [2.75, 3.05) is 12.3 Å². The Hall–Kier alpha value is -2.50. The van der Waals surface area contributed by atoms with Gasteiger partial charge in [0.15, 0.2) is 5.69 Å². The van der Waals surface area contributed by atoms with Crippen molar-refractivity contribution < 1.29 is 9.90 Å². The maximum Gasteiger partial charge on any atom is 0.276 e. The molecular formula is C15H18N4O2. The third-order valence-electron chi connectivity index (χ3n) is 3.93. The van der Waals surface area contributed by atoms with Crippen molar-refractivity contribution in [2.24, 2.45) is 0 Å². The molecule has 0 unspecified atom stereocenters. The Morgan fingerprint density at radius 2 is 2.29 bits per heavy atom. The summed E-state index contributed by atoms with van der Waals surface area (Å²) in [5.74, 6) is 0.0491. The summed E-state index contributed by atoms with van der Waals surface area (Å²) in [6.07, 6.45) is 1.48. The summed E-state index contributed by atoms with van der Waals surface area (Å²) in [6.45, 7) is 3.05. The number of nitrogens with zero attached hydrogens (tertiary/aromatic N) is 2. The molecule has 3 rings (SSSR count). The van der Waals surface area contributed by atoms with Crippen LogP contribution in [0.3, 0.4) is 0 Å². The van der Waals surface area contributed by atoms with Crippen LogP contribution < -0.4 is 5.73 Å². The second-order valence-corrected chi connectivity index (χ2v) is 5.25. The maximum atomic E-state index is 12.5. The highest BCUT2D eigenvalue weighted by molar-refractivity contribution is 5.97. The second-order valence-electron chi connectivity index (χ2n) is 5.25. The third-order valence-corrected chi connectivity index (χ3v) is 3.93. The van der Waals surface area contributed by atoms with Crippen molar-refractivity contribution in [3.05, 3.63) is 40.7 Å². The molecule has 2 heterocycles. The molecule has 2 aromatic rings. The van der Waals surface area contributed by atoms with Crippen LogP contribution >= 0.6 is 0 Å². The first-order valence-electron chi connectivity index (χ1n) is 7.03. The number of aromatic hydroxyl groups is 1. The molecule has 0 atom stereocenters. The van der Waals surface area contributed by atoms with E-state index in [-0.39, 0.29) is 17.4 Å². The Labute approximate surface area is 122 Å². The van der Waals surface area contributed by atoms with Gasteiger partial charge in [0, 0.05) is 13.1 Å². The van der Waals surface area contributed by atoms with Crippen molar-refractivity contribution in [1.82, 2.24) is 15.1 Å². The molecular weight excluding hydrogens is 268 g/mol. The number of aromatic nitrogens is 2. The number of nitrogen functional groups attached to an aromatic ring is 1. The lowest BCUT2D eigenvalue weighted by molar-refractivity contribution is 0.0729. The van der Waals surface area contributed by atoms with E-state index < -0.39 is 0 Å². The molecule has 0 saturated heterocycles. The Balaban J connectivity index is 1.85. The van der Waals surface area contributed by atoms with Gasteiger partial charge in [-0.15, -0.1) is 0 Å². The van der Waals surface area contributed by atoms with Gasteiger partial charge < -0.3 is 15.7 Å². The smallest absolute Gasteiger partial charge is 0.276 e. The number of phenols is 1. The standard InChI is InChI=1S/C15H18N4O2/c1-2-12-13(16)14(18-17-12)15(21)19-6-5-9-3-4-11(20)7-10(9)8-19/h3-4,7,20H,2,5-6,8,16H2,1H3,(H,17,18). The van der Waals surface area contributed by atoms with Crippen LogP contribution in [0.5, 0.6) is 5.75 Å². The molecule has 0 spiro atoms. The molecule has 0 radical (unpaired) electrons. The Morgan fingerprint density at radius 3 is 3.00 bits per heavy atom.